The van der Waals surface area contributed by atoms with E-state index < -0.39 is 18.1 Å². The molecule has 0 atom stereocenters. The van der Waals surface area contributed by atoms with E-state index in [1.54, 1.807) is 4.90 Å². The number of hydrogen-bond donors (Lipinski definition) is 0. The summed E-state index contributed by atoms with van der Waals surface area (Å²) < 4.78 is 42.7. The van der Waals surface area contributed by atoms with Crippen LogP contribution in [0.25, 0.3) is 0 Å². The molecule has 0 bridgehead atoms. The minimum atomic E-state index is -4.20. The fraction of sp³-hybridized carbons (Fsp3) is 0.500. The average Bonchev–Trinajstić information content (AvgIpc) is 2.52. The van der Waals surface area contributed by atoms with E-state index >= 15 is 0 Å². The van der Waals surface area contributed by atoms with E-state index in [9.17, 15) is 18.0 Å². The number of ether oxygens (including phenoxy) is 1. The van der Waals surface area contributed by atoms with Crippen molar-refractivity contribution in [2.75, 3.05) is 25.1 Å². The zero-order valence-corrected chi connectivity index (χ0v) is 11.9. The monoisotopic (exact) mass is 313 g/mol. The largest absolute Gasteiger partial charge is 0.465 e. The summed E-state index contributed by atoms with van der Waals surface area (Å²) in [4.78, 5) is 17.5. The molecule has 0 N–H and O–H groups in total. The maximum absolute atomic E-state index is 12.7. The first-order valence-corrected chi connectivity index (χ1v) is 6.67. The quantitative estimate of drug-likeness (QED) is 0.785. The number of carbonyl (C=O) groups excluding carboxylic acids is 1. The van der Waals surface area contributed by atoms with E-state index in [0.717, 1.165) is 0 Å². The number of alkyl halides is 3. The fourth-order valence-corrected chi connectivity index (χ4v) is 2.45. The lowest BCUT2D eigenvalue weighted by molar-refractivity contribution is -0.179. The van der Waals surface area contributed by atoms with Gasteiger partial charge < -0.3 is 9.64 Å². The van der Waals surface area contributed by atoms with Gasteiger partial charge in [0.15, 0.2) is 0 Å². The summed E-state index contributed by atoms with van der Waals surface area (Å²) in [6.07, 6.45) is -3.01. The number of anilines is 1. The van der Waals surface area contributed by atoms with Gasteiger partial charge in [-0.1, -0.05) is 0 Å². The van der Waals surface area contributed by atoms with Crippen LogP contribution >= 0.6 is 0 Å². The third kappa shape index (κ3) is 3.30. The van der Waals surface area contributed by atoms with Crippen LogP contribution < -0.4 is 4.90 Å². The molecule has 0 amide bonds. The van der Waals surface area contributed by atoms with Gasteiger partial charge in [0.25, 0.3) is 0 Å². The number of piperidine rings is 1. The number of aromatic nitrogens is 1. The van der Waals surface area contributed by atoms with Crippen molar-refractivity contribution in [2.24, 2.45) is 5.92 Å². The number of esters is 1. The van der Waals surface area contributed by atoms with Crippen molar-refractivity contribution in [1.82, 2.24) is 4.98 Å². The Kier molecular flexibility index (Phi) is 4.54. The Morgan fingerprint density at radius 1 is 1.45 bits per heavy atom. The fourth-order valence-electron chi connectivity index (χ4n) is 2.45. The van der Waals surface area contributed by atoms with Gasteiger partial charge in [-0.3, -0.25) is 0 Å². The summed E-state index contributed by atoms with van der Waals surface area (Å²) in [5, 5.41) is 8.86. The highest BCUT2D eigenvalue weighted by Gasteiger charge is 2.41. The molecule has 0 radical (unpaired) electrons. The smallest absolute Gasteiger partial charge is 0.391 e. The number of nitriles is 1. The van der Waals surface area contributed by atoms with Gasteiger partial charge in [-0.2, -0.15) is 18.4 Å². The number of hydrogen-bond acceptors (Lipinski definition) is 5. The molecule has 2 rings (SSSR count). The van der Waals surface area contributed by atoms with Crippen LogP contribution in [0.4, 0.5) is 19.0 Å². The highest BCUT2D eigenvalue weighted by Crippen LogP contribution is 2.35. The Labute approximate surface area is 125 Å². The van der Waals surface area contributed by atoms with Gasteiger partial charge in [-0.15, -0.1) is 0 Å². The minimum Gasteiger partial charge on any atom is -0.465 e. The molecule has 8 heteroatoms. The Morgan fingerprint density at radius 3 is 2.59 bits per heavy atom. The third-order valence-corrected chi connectivity index (χ3v) is 3.66. The first-order valence-electron chi connectivity index (χ1n) is 6.67. The van der Waals surface area contributed by atoms with E-state index in [2.05, 4.69) is 9.72 Å². The number of carbonyl (C=O) groups is 1. The number of rotatable bonds is 2. The molecule has 0 aliphatic carbocycles. The van der Waals surface area contributed by atoms with Gasteiger partial charge in [-0.25, -0.2) is 9.78 Å². The predicted octanol–water partition coefficient (Wildman–Crippen LogP) is 2.52. The Hall–Kier alpha value is -2.30. The summed E-state index contributed by atoms with van der Waals surface area (Å²) in [5.41, 5.74) is 0.279. The average molecular weight is 313 g/mol. The van der Waals surface area contributed by atoms with Crippen molar-refractivity contribution < 1.29 is 22.7 Å². The predicted molar refractivity (Wildman–Crippen MR) is 71.3 cm³/mol. The third-order valence-electron chi connectivity index (χ3n) is 3.66. The van der Waals surface area contributed by atoms with Gasteiger partial charge >= 0.3 is 12.1 Å². The lowest BCUT2D eigenvalue weighted by Gasteiger charge is -2.34. The van der Waals surface area contributed by atoms with Crippen molar-refractivity contribution >= 4 is 11.8 Å². The summed E-state index contributed by atoms with van der Waals surface area (Å²) >= 11 is 0. The van der Waals surface area contributed by atoms with E-state index in [1.165, 1.54) is 19.4 Å². The zero-order valence-electron chi connectivity index (χ0n) is 11.9. The van der Waals surface area contributed by atoms with E-state index in [4.69, 9.17) is 5.26 Å². The lowest BCUT2D eigenvalue weighted by Crippen LogP contribution is -2.40. The highest BCUT2D eigenvalue weighted by atomic mass is 19.4. The first kappa shape index (κ1) is 16.1. The maximum atomic E-state index is 12.7. The van der Waals surface area contributed by atoms with Crippen molar-refractivity contribution in [3.8, 4) is 6.07 Å². The molecule has 1 aliphatic rings. The first-order chi connectivity index (χ1) is 10.4. The molecule has 22 heavy (non-hydrogen) atoms. The van der Waals surface area contributed by atoms with Gasteiger partial charge in [-0.05, 0) is 18.9 Å². The molecule has 2 heterocycles. The minimum absolute atomic E-state index is 0.0498. The second-order valence-electron chi connectivity index (χ2n) is 5.00. The molecule has 118 valence electrons. The SMILES string of the molecule is COC(=O)c1cc(C#N)cnc1N1CCC(C(F)(F)F)CC1. The number of halogens is 3. The molecule has 0 saturated carbocycles. The van der Waals surface area contributed by atoms with Gasteiger partial charge in [0.05, 0.1) is 18.6 Å². The summed E-state index contributed by atoms with van der Waals surface area (Å²) in [6.45, 7) is 0.292. The Balaban J connectivity index is 2.23. The lowest BCUT2D eigenvalue weighted by atomic mass is 9.96. The second kappa shape index (κ2) is 6.22. The van der Waals surface area contributed by atoms with Crippen LogP contribution in [-0.4, -0.2) is 37.3 Å². The molecule has 1 aliphatic heterocycles. The molecule has 1 fully saturated rings. The van der Waals surface area contributed by atoms with Crippen molar-refractivity contribution in [3.63, 3.8) is 0 Å². The van der Waals surface area contributed by atoms with E-state index in [0.29, 0.717) is 0 Å². The van der Waals surface area contributed by atoms with Crippen LogP contribution in [0.3, 0.4) is 0 Å². The molecular formula is C14H14F3N3O2. The van der Waals surface area contributed by atoms with E-state index in [-0.39, 0.29) is 42.9 Å². The van der Waals surface area contributed by atoms with Crippen molar-refractivity contribution in [3.05, 3.63) is 23.4 Å². The van der Waals surface area contributed by atoms with Crippen LogP contribution in [0.2, 0.25) is 0 Å². The number of nitrogens with zero attached hydrogens (tertiary/aromatic N) is 3. The zero-order chi connectivity index (χ0) is 16.3. The van der Waals surface area contributed by atoms with Crippen LogP contribution in [0.5, 0.6) is 0 Å². The molecule has 0 aromatic carbocycles. The molecule has 0 spiro atoms. The summed E-state index contributed by atoms with van der Waals surface area (Å²) in [5.74, 6) is -1.74. The van der Waals surface area contributed by atoms with Gasteiger partial charge in [0.1, 0.15) is 17.5 Å². The summed E-state index contributed by atoms with van der Waals surface area (Å²) in [6, 6.07) is 3.20. The highest BCUT2D eigenvalue weighted by molar-refractivity contribution is 5.95. The Bertz CT molecular complexity index is 602. The number of pyridine rings is 1. The van der Waals surface area contributed by atoms with Crippen LogP contribution in [0.1, 0.15) is 28.8 Å². The van der Waals surface area contributed by atoms with Gasteiger partial charge in [0, 0.05) is 19.3 Å². The number of methoxy groups -OCH3 is 1. The van der Waals surface area contributed by atoms with Gasteiger partial charge in [0.2, 0.25) is 0 Å². The van der Waals surface area contributed by atoms with Crippen LogP contribution in [0, 0.1) is 17.2 Å². The molecule has 1 aromatic heterocycles. The molecule has 1 saturated heterocycles. The Morgan fingerprint density at radius 2 is 2.09 bits per heavy atom. The van der Waals surface area contributed by atoms with Crippen molar-refractivity contribution in [1.29, 1.82) is 5.26 Å². The second-order valence-corrected chi connectivity index (χ2v) is 5.00. The molecule has 5 nitrogen and oxygen atoms in total. The van der Waals surface area contributed by atoms with Crippen LogP contribution in [-0.2, 0) is 4.74 Å². The molecule has 1 aromatic rings. The molecule has 0 unspecified atom stereocenters. The van der Waals surface area contributed by atoms with Crippen LogP contribution in [0.15, 0.2) is 12.3 Å². The maximum Gasteiger partial charge on any atom is 0.391 e. The topological polar surface area (TPSA) is 66.2 Å². The summed E-state index contributed by atoms with van der Waals surface area (Å²) in [7, 11) is 1.20. The standard InChI is InChI=1S/C14H14F3N3O2/c1-22-13(21)11-6-9(7-18)8-19-12(11)20-4-2-10(3-5-20)14(15,16)17/h6,8,10H,2-5H2,1H3. The van der Waals surface area contributed by atoms with E-state index in [1.807, 2.05) is 6.07 Å². The molecular weight excluding hydrogens is 299 g/mol. The normalized spacial score (nSPS) is 16.2. The van der Waals surface area contributed by atoms with Crippen molar-refractivity contribution in [2.45, 2.75) is 19.0 Å².